The molecule has 2 aliphatic rings. The van der Waals surface area contributed by atoms with Crippen molar-refractivity contribution in [3.63, 3.8) is 0 Å². The van der Waals surface area contributed by atoms with E-state index in [0.29, 0.717) is 25.8 Å². The van der Waals surface area contributed by atoms with E-state index in [1.807, 2.05) is 44.2 Å². The Bertz CT molecular complexity index is 1330. The first-order valence-corrected chi connectivity index (χ1v) is 11.3. The predicted molar refractivity (Wildman–Crippen MR) is 129 cm³/mol. The molecular formula is C23H17Cl2N3O3S. The van der Waals surface area contributed by atoms with Gasteiger partial charge in [-0.2, -0.15) is 0 Å². The summed E-state index contributed by atoms with van der Waals surface area (Å²) in [5.74, 6) is 1.25. The molecule has 1 aromatic heterocycles. The summed E-state index contributed by atoms with van der Waals surface area (Å²) in [5, 5.41) is 4.00. The number of hydrogen-bond donors (Lipinski definition) is 1. The highest BCUT2D eigenvalue weighted by molar-refractivity contribution is 8.18. The Morgan fingerprint density at radius 2 is 1.94 bits per heavy atom. The molecule has 3 heterocycles. The van der Waals surface area contributed by atoms with Crippen molar-refractivity contribution in [2.45, 2.75) is 13.8 Å². The van der Waals surface area contributed by atoms with Gasteiger partial charge >= 0.3 is 0 Å². The van der Waals surface area contributed by atoms with E-state index in [1.54, 1.807) is 18.2 Å². The zero-order chi connectivity index (χ0) is 22.4. The van der Waals surface area contributed by atoms with Gasteiger partial charge in [0.1, 0.15) is 0 Å². The summed E-state index contributed by atoms with van der Waals surface area (Å²) in [5.41, 5.74) is 4.46. The van der Waals surface area contributed by atoms with Crippen LogP contribution in [0.2, 0.25) is 10.0 Å². The monoisotopic (exact) mass is 485 g/mol. The van der Waals surface area contributed by atoms with Crippen LogP contribution in [-0.4, -0.2) is 22.4 Å². The number of halogens is 2. The van der Waals surface area contributed by atoms with Crippen molar-refractivity contribution in [2.75, 3.05) is 6.79 Å². The number of nitrogens with zero attached hydrogens (tertiary/aromatic N) is 2. The number of amidine groups is 1. The average Bonchev–Trinajstić information content (AvgIpc) is 3.43. The van der Waals surface area contributed by atoms with Gasteiger partial charge in [0.25, 0.3) is 5.91 Å². The molecule has 0 spiro atoms. The van der Waals surface area contributed by atoms with Crippen molar-refractivity contribution in [3.05, 3.63) is 74.4 Å². The fourth-order valence-corrected chi connectivity index (χ4v) is 4.83. The first kappa shape index (κ1) is 21.0. The molecule has 162 valence electrons. The molecule has 9 heteroatoms. The lowest BCUT2D eigenvalue weighted by atomic mass is 10.2. The van der Waals surface area contributed by atoms with Crippen molar-refractivity contribution in [1.82, 2.24) is 9.88 Å². The summed E-state index contributed by atoms with van der Waals surface area (Å²) in [4.78, 5) is 17.5. The number of ether oxygens (including phenoxy) is 2. The third kappa shape index (κ3) is 3.77. The highest BCUT2D eigenvalue weighted by Gasteiger charge is 2.25. The molecular weight excluding hydrogens is 469 g/mol. The number of thioether (sulfide) groups is 1. The van der Waals surface area contributed by atoms with Crippen molar-refractivity contribution >= 4 is 57.8 Å². The largest absolute Gasteiger partial charge is 0.454 e. The van der Waals surface area contributed by atoms with E-state index in [9.17, 15) is 4.79 Å². The molecule has 0 saturated carbocycles. The topological polar surface area (TPSA) is 64.9 Å². The van der Waals surface area contributed by atoms with Gasteiger partial charge in [-0.05, 0) is 67.6 Å². The molecule has 1 N–H and O–H groups in total. The molecule has 0 unspecified atom stereocenters. The fraction of sp³-hybridized carbons (Fsp3) is 0.130. The third-order valence-corrected chi connectivity index (χ3v) is 6.89. The molecule has 0 radical (unpaired) electrons. The van der Waals surface area contributed by atoms with Crippen LogP contribution in [0, 0.1) is 13.8 Å². The van der Waals surface area contributed by atoms with Crippen LogP contribution >= 0.6 is 35.0 Å². The summed E-state index contributed by atoms with van der Waals surface area (Å²) in [6, 6.07) is 13.1. The van der Waals surface area contributed by atoms with Crippen molar-refractivity contribution in [3.8, 4) is 17.2 Å². The van der Waals surface area contributed by atoms with Gasteiger partial charge in [0, 0.05) is 23.1 Å². The standard InChI is InChI=1S/C23H17Cl2N3O3S/c1-12-8-14(13(2)28(12)15-6-7-18-19(10-15)31-11-30-18)9-20-22(29)27-23(32-20)26-17-5-3-4-16(24)21(17)25/h3-10H,11H2,1-2H3,(H,26,27,29)/b20-9+. The highest BCUT2D eigenvalue weighted by Crippen LogP contribution is 2.37. The lowest BCUT2D eigenvalue weighted by Gasteiger charge is -2.10. The van der Waals surface area contributed by atoms with Crippen molar-refractivity contribution < 1.29 is 14.3 Å². The number of hydrogen-bond acceptors (Lipinski definition) is 5. The van der Waals surface area contributed by atoms with Gasteiger partial charge in [-0.1, -0.05) is 29.3 Å². The Labute approximate surface area is 198 Å². The van der Waals surface area contributed by atoms with E-state index in [0.717, 1.165) is 34.1 Å². The van der Waals surface area contributed by atoms with Crippen molar-refractivity contribution in [2.24, 2.45) is 4.99 Å². The van der Waals surface area contributed by atoms with E-state index in [2.05, 4.69) is 14.9 Å². The summed E-state index contributed by atoms with van der Waals surface area (Å²) in [6.07, 6.45) is 1.87. The second-order valence-electron chi connectivity index (χ2n) is 7.25. The van der Waals surface area contributed by atoms with Gasteiger partial charge in [0.15, 0.2) is 16.7 Å². The SMILES string of the molecule is Cc1cc(/C=C2/SC(=Nc3cccc(Cl)c3Cl)NC2=O)c(C)n1-c1ccc2c(c1)OCO2. The number of fused-ring (bicyclic) bond motifs is 1. The van der Waals surface area contributed by atoms with Crippen LogP contribution in [0.15, 0.2) is 52.4 Å². The van der Waals surface area contributed by atoms with Crippen LogP contribution in [0.5, 0.6) is 11.5 Å². The van der Waals surface area contributed by atoms with E-state index >= 15 is 0 Å². The number of benzene rings is 2. The molecule has 5 rings (SSSR count). The maximum Gasteiger partial charge on any atom is 0.264 e. The van der Waals surface area contributed by atoms with Gasteiger partial charge in [0.05, 0.1) is 20.6 Å². The van der Waals surface area contributed by atoms with Crippen molar-refractivity contribution in [1.29, 1.82) is 0 Å². The summed E-state index contributed by atoms with van der Waals surface area (Å²) in [7, 11) is 0. The lowest BCUT2D eigenvalue weighted by Crippen LogP contribution is -2.19. The predicted octanol–water partition coefficient (Wildman–Crippen LogP) is 6.02. The maximum atomic E-state index is 12.6. The van der Waals surface area contributed by atoms with Gasteiger partial charge in [-0.3, -0.25) is 4.79 Å². The molecule has 1 amide bonds. The van der Waals surface area contributed by atoms with Crippen LogP contribution in [0.1, 0.15) is 17.0 Å². The summed E-state index contributed by atoms with van der Waals surface area (Å²) in [6.45, 7) is 4.27. The quantitative estimate of drug-likeness (QED) is 0.460. The number of carbonyl (C=O) groups is 1. The van der Waals surface area contributed by atoms with E-state index in [1.165, 1.54) is 11.8 Å². The first-order valence-electron chi connectivity index (χ1n) is 9.73. The number of aliphatic imine (C=N–C) groups is 1. The molecule has 32 heavy (non-hydrogen) atoms. The van der Waals surface area contributed by atoms with Gasteiger partial charge < -0.3 is 19.4 Å². The zero-order valence-corrected chi connectivity index (χ0v) is 19.4. The minimum Gasteiger partial charge on any atom is -0.454 e. The van der Waals surface area contributed by atoms with E-state index < -0.39 is 0 Å². The second-order valence-corrected chi connectivity index (χ2v) is 9.07. The Hall–Kier alpha value is -2.87. The molecule has 2 aromatic carbocycles. The minimum absolute atomic E-state index is 0.209. The van der Waals surface area contributed by atoms with Gasteiger partial charge in [0.2, 0.25) is 6.79 Å². The number of aryl methyl sites for hydroxylation is 1. The highest BCUT2D eigenvalue weighted by atomic mass is 35.5. The van der Waals surface area contributed by atoms with Crippen LogP contribution in [0.4, 0.5) is 5.69 Å². The van der Waals surface area contributed by atoms with Crippen LogP contribution < -0.4 is 14.8 Å². The average molecular weight is 486 g/mol. The zero-order valence-electron chi connectivity index (χ0n) is 17.1. The number of amides is 1. The number of aromatic nitrogens is 1. The molecule has 1 fully saturated rings. The Morgan fingerprint density at radius 1 is 1.12 bits per heavy atom. The Balaban J connectivity index is 1.45. The molecule has 0 bridgehead atoms. The fourth-order valence-electron chi connectivity index (χ4n) is 3.67. The summed E-state index contributed by atoms with van der Waals surface area (Å²) >= 11 is 13.5. The third-order valence-electron chi connectivity index (χ3n) is 5.18. The maximum absolute atomic E-state index is 12.6. The van der Waals surface area contributed by atoms with Crippen LogP contribution in [-0.2, 0) is 4.79 Å². The molecule has 0 atom stereocenters. The normalized spacial score (nSPS) is 17.4. The van der Waals surface area contributed by atoms with Gasteiger partial charge in [-0.25, -0.2) is 4.99 Å². The number of rotatable bonds is 3. The first-order chi connectivity index (χ1) is 15.4. The van der Waals surface area contributed by atoms with Crippen LogP contribution in [0.25, 0.3) is 11.8 Å². The number of nitrogens with one attached hydrogen (secondary N) is 1. The Kier molecular flexibility index (Phi) is 5.41. The lowest BCUT2D eigenvalue weighted by molar-refractivity contribution is -0.115. The van der Waals surface area contributed by atoms with Crippen LogP contribution in [0.3, 0.4) is 0 Å². The molecule has 1 saturated heterocycles. The van der Waals surface area contributed by atoms with E-state index in [4.69, 9.17) is 32.7 Å². The minimum atomic E-state index is -0.209. The molecule has 2 aliphatic heterocycles. The van der Waals surface area contributed by atoms with E-state index in [-0.39, 0.29) is 12.7 Å². The summed E-state index contributed by atoms with van der Waals surface area (Å²) < 4.78 is 13.0. The smallest absolute Gasteiger partial charge is 0.264 e. The number of carbonyl (C=O) groups excluding carboxylic acids is 1. The molecule has 0 aliphatic carbocycles. The molecule has 3 aromatic rings. The van der Waals surface area contributed by atoms with Gasteiger partial charge in [-0.15, -0.1) is 0 Å². The Morgan fingerprint density at radius 3 is 2.78 bits per heavy atom. The second kappa shape index (κ2) is 8.24. The molecule has 6 nitrogen and oxygen atoms in total.